The largest absolute Gasteiger partial charge is 0.457 e. The Hall–Kier alpha value is -0.850. The molecule has 5 saturated carbocycles. The molecule has 6 rings (SSSR count). The van der Waals surface area contributed by atoms with Crippen LogP contribution in [0.15, 0.2) is 0 Å². The van der Waals surface area contributed by atoms with E-state index in [4.69, 9.17) is 18.9 Å². The van der Waals surface area contributed by atoms with Crippen LogP contribution in [0.3, 0.4) is 0 Å². The van der Waals surface area contributed by atoms with Gasteiger partial charge in [-0.15, -0.1) is 0 Å². The monoisotopic (exact) mass is 666 g/mol. The first-order valence-corrected chi connectivity index (χ1v) is 18.2. The second kappa shape index (κ2) is 11.9. The zero-order chi connectivity index (χ0) is 34.5. The zero-order valence-corrected chi connectivity index (χ0v) is 29.9. The summed E-state index contributed by atoms with van der Waals surface area (Å²) < 4.78 is 24.5. The predicted octanol–water partition coefficient (Wildman–Crippen LogP) is 3.58. The number of hydrogen-bond acceptors (Lipinski definition) is 10. The van der Waals surface area contributed by atoms with Gasteiger partial charge >= 0.3 is 5.97 Å². The smallest absolute Gasteiger partial charge is 0.303 e. The molecule has 6 fully saturated rings. The summed E-state index contributed by atoms with van der Waals surface area (Å²) in [5.41, 5.74) is -1.54. The standard InChI is InChI=1S/C37H62O10/c1-20-15-23(31(33(5,6)43)45-21(2)40)46-29-28(20)34(7)13-14-37-19-36(37)12-11-26(47-27(17-39)44-18-22(41)16-38)32(3,4)24(36)9-10-25(37)35(34,8)30(29)42/h20,22-31,38-39,41-43H,9-19H2,1-8H3/t20-,22+,23-,24+,25+,26+,27+,28+,29+,30+,31+,34-,35-,36-,37+/m1/s1. The van der Waals surface area contributed by atoms with Crippen LogP contribution >= 0.6 is 0 Å². The van der Waals surface area contributed by atoms with Gasteiger partial charge < -0.3 is 44.5 Å². The summed E-state index contributed by atoms with van der Waals surface area (Å²) in [6, 6.07) is 0. The number of aliphatic hydroxyl groups excluding tert-OH is 4. The quantitative estimate of drug-likeness (QED) is 0.173. The molecule has 0 radical (unpaired) electrons. The molecule has 6 aliphatic rings. The lowest BCUT2D eigenvalue weighted by Crippen LogP contribution is -2.60. The number of aliphatic hydroxyl groups is 5. The van der Waals surface area contributed by atoms with Gasteiger partial charge in [-0.25, -0.2) is 0 Å². The van der Waals surface area contributed by atoms with Crippen molar-refractivity contribution in [2.45, 2.75) is 155 Å². The summed E-state index contributed by atoms with van der Waals surface area (Å²) in [6.07, 6.45) is 3.67. The van der Waals surface area contributed by atoms with Crippen molar-refractivity contribution in [1.29, 1.82) is 0 Å². The normalized spacial score (nSPS) is 48.5. The number of carbonyl (C=O) groups is 1. The highest BCUT2D eigenvalue weighted by molar-refractivity contribution is 5.66. The Morgan fingerprint density at radius 1 is 1.00 bits per heavy atom. The molecule has 1 saturated heterocycles. The molecule has 10 nitrogen and oxygen atoms in total. The van der Waals surface area contributed by atoms with Crippen LogP contribution in [-0.2, 0) is 23.7 Å². The topological polar surface area (TPSA) is 155 Å². The van der Waals surface area contributed by atoms with Gasteiger partial charge in [-0.3, -0.25) is 4.79 Å². The maximum atomic E-state index is 12.5. The predicted molar refractivity (Wildman–Crippen MR) is 173 cm³/mol. The Kier molecular flexibility index (Phi) is 9.07. The third kappa shape index (κ3) is 5.12. The van der Waals surface area contributed by atoms with E-state index < -0.39 is 48.9 Å². The van der Waals surface area contributed by atoms with E-state index in [2.05, 4.69) is 34.6 Å². The Balaban J connectivity index is 1.24. The summed E-state index contributed by atoms with van der Waals surface area (Å²) in [5, 5.41) is 52.4. The highest BCUT2D eigenvalue weighted by Gasteiger charge is 2.84. The molecule has 10 heteroatoms. The van der Waals surface area contributed by atoms with Crippen molar-refractivity contribution in [3.8, 4) is 0 Å². The van der Waals surface area contributed by atoms with Crippen LogP contribution < -0.4 is 0 Å². The van der Waals surface area contributed by atoms with Gasteiger partial charge in [-0.2, -0.15) is 0 Å². The Labute approximate surface area is 280 Å². The highest BCUT2D eigenvalue weighted by atomic mass is 16.7. The second-order valence-corrected chi connectivity index (χ2v) is 18.1. The Bertz CT molecular complexity index is 1190. The van der Waals surface area contributed by atoms with Crippen LogP contribution in [0, 0.1) is 50.7 Å². The minimum atomic E-state index is -1.28. The first-order valence-electron chi connectivity index (χ1n) is 18.2. The first kappa shape index (κ1) is 36.0. The van der Waals surface area contributed by atoms with Crippen LogP contribution in [0.25, 0.3) is 0 Å². The van der Waals surface area contributed by atoms with E-state index >= 15 is 0 Å². The SMILES string of the molecule is CC(=O)O[C@@H]([C@H]1C[C@@H](C)[C@H]2[C@H](O1)[C@H](O)[C@@]1(C)[C@@H]3CC[C@H]4C(C)(C)[C@@H](O[C@@H](CO)OC[C@@H](O)CO)CC[C@@]45C[C@@]35CC[C@]21C)C(C)(C)O. The molecule has 0 aromatic carbocycles. The van der Waals surface area contributed by atoms with E-state index in [9.17, 15) is 30.3 Å². The van der Waals surface area contributed by atoms with Crippen LogP contribution in [0.4, 0.5) is 0 Å². The van der Waals surface area contributed by atoms with Crippen molar-refractivity contribution in [2.75, 3.05) is 19.8 Å². The van der Waals surface area contributed by atoms with Crippen molar-refractivity contribution >= 4 is 5.97 Å². The van der Waals surface area contributed by atoms with E-state index in [0.29, 0.717) is 18.3 Å². The van der Waals surface area contributed by atoms with Crippen LogP contribution in [0.2, 0.25) is 0 Å². The average molecular weight is 667 g/mol. The van der Waals surface area contributed by atoms with Crippen LogP contribution in [-0.4, -0.2) is 99.8 Å². The fourth-order valence-electron chi connectivity index (χ4n) is 13.2. The van der Waals surface area contributed by atoms with Crippen molar-refractivity contribution in [3.05, 3.63) is 0 Å². The van der Waals surface area contributed by atoms with Crippen molar-refractivity contribution in [3.63, 3.8) is 0 Å². The number of hydrogen-bond donors (Lipinski definition) is 5. The Morgan fingerprint density at radius 2 is 1.66 bits per heavy atom. The maximum Gasteiger partial charge on any atom is 0.303 e. The highest BCUT2D eigenvalue weighted by Crippen LogP contribution is 2.89. The second-order valence-electron chi connectivity index (χ2n) is 18.1. The van der Waals surface area contributed by atoms with Gasteiger partial charge in [-0.1, -0.05) is 34.6 Å². The number of esters is 1. The minimum Gasteiger partial charge on any atom is -0.457 e. The zero-order valence-electron chi connectivity index (χ0n) is 29.9. The third-order valence-corrected chi connectivity index (χ3v) is 15.2. The van der Waals surface area contributed by atoms with Gasteiger partial charge in [-0.05, 0) is 111 Å². The molecule has 47 heavy (non-hydrogen) atoms. The molecule has 2 spiro atoms. The molecule has 270 valence electrons. The van der Waals surface area contributed by atoms with Crippen LogP contribution in [0.5, 0.6) is 0 Å². The molecule has 0 amide bonds. The molecule has 5 N–H and O–H groups in total. The summed E-state index contributed by atoms with van der Waals surface area (Å²) in [6.45, 7) is 15.5. The van der Waals surface area contributed by atoms with Gasteiger partial charge in [0.25, 0.3) is 0 Å². The van der Waals surface area contributed by atoms with Crippen molar-refractivity contribution < 1.29 is 49.3 Å². The van der Waals surface area contributed by atoms with E-state index in [1.165, 1.54) is 13.3 Å². The summed E-state index contributed by atoms with van der Waals surface area (Å²) in [7, 11) is 0. The van der Waals surface area contributed by atoms with Gasteiger partial charge in [0.05, 0.1) is 49.8 Å². The van der Waals surface area contributed by atoms with E-state index in [-0.39, 0.29) is 64.3 Å². The molecule has 0 aromatic heterocycles. The van der Waals surface area contributed by atoms with Crippen molar-refractivity contribution in [1.82, 2.24) is 0 Å². The maximum absolute atomic E-state index is 12.5. The van der Waals surface area contributed by atoms with Gasteiger partial charge in [0, 0.05) is 12.3 Å². The van der Waals surface area contributed by atoms with Gasteiger partial charge in [0.2, 0.25) is 0 Å². The summed E-state index contributed by atoms with van der Waals surface area (Å²) in [4.78, 5) is 12.1. The fraction of sp³-hybridized carbons (Fsp3) is 0.973. The molecule has 15 atom stereocenters. The van der Waals surface area contributed by atoms with Crippen LogP contribution in [0.1, 0.15) is 107 Å². The van der Waals surface area contributed by atoms with Gasteiger partial charge in [0.15, 0.2) is 12.4 Å². The number of rotatable bonds is 10. The molecule has 0 bridgehead atoms. The summed E-state index contributed by atoms with van der Waals surface area (Å²) in [5.74, 6) is 0.752. The van der Waals surface area contributed by atoms with Crippen molar-refractivity contribution in [2.24, 2.45) is 50.7 Å². The molecule has 1 heterocycles. The lowest BCUT2D eigenvalue weighted by Gasteiger charge is -2.63. The molecule has 5 aliphatic carbocycles. The molecular formula is C37H62O10. The molecule has 1 aliphatic heterocycles. The fourth-order valence-corrected chi connectivity index (χ4v) is 13.2. The van der Waals surface area contributed by atoms with Gasteiger partial charge in [0.1, 0.15) is 6.10 Å². The minimum absolute atomic E-state index is 0.0973. The number of ether oxygens (including phenoxy) is 4. The average Bonchev–Trinajstić information content (AvgIpc) is 3.62. The molecular weight excluding hydrogens is 604 g/mol. The summed E-state index contributed by atoms with van der Waals surface area (Å²) >= 11 is 0. The van der Waals surface area contributed by atoms with E-state index in [1.54, 1.807) is 13.8 Å². The third-order valence-electron chi connectivity index (χ3n) is 15.2. The molecule has 0 aromatic rings. The van der Waals surface area contributed by atoms with E-state index in [0.717, 1.165) is 38.5 Å². The lowest BCUT2D eigenvalue weighted by molar-refractivity contribution is -0.247. The number of fused-ring (bicyclic) bond motifs is 4. The molecule has 0 unspecified atom stereocenters. The lowest BCUT2D eigenvalue weighted by atomic mass is 9.41. The first-order chi connectivity index (χ1) is 21.8. The van der Waals surface area contributed by atoms with E-state index in [1.807, 2.05) is 0 Å². The Morgan fingerprint density at radius 3 is 2.28 bits per heavy atom. The number of carbonyl (C=O) groups excluding carboxylic acids is 1.